The van der Waals surface area contributed by atoms with Gasteiger partial charge in [0.05, 0.1) is 6.04 Å². The molecule has 4 nitrogen and oxygen atoms in total. The summed E-state index contributed by atoms with van der Waals surface area (Å²) in [5.41, 5.74) is 0.981. The first-order chi connectivity index (χ1) is 6.57. The van der Waals surface area contributed by atoms with Gasteiger partial charge in [-0.15, -0.1) is 17.0 Å². The van der Waals surface area contributed by atoms with Crippen molar-refractivity contribution in [2.45, 2.75) is 26.3 Å². The van der Waals surface area contributed by atoms with E-state index in [-0.39, 0.29) is 35.7 Å². The third-order valence-electron chi connectivity index (χ3n) is 2.59. The number of aliphatic hydroxyl groups is 1. The van der Waals surface area contributed by atoms with Crippen LogP contribution >= 0.6 is 17.0 Å². The number of urea groups is 1. The predicted molar refractivity (Wildman–Crippen MR) is 65.1 cm³/mol. The predicted octanol–water partition coefficient (Wildman–Crippen LogP) is 1.61. The van der Waals surface area contributed by atoms with Crippen molar-refractivity contribution in [2.75, 3.05) is 20.2 Å². The molecule has 0 aromatic carbocycles. The Balaban J connectivity index is 0.00000196. The van der Waals surface area contributed by atoms with Crippen LogP contribution in [0.3, 0.4) is 0 Å². The Morgan fingerprint density at radius 3 is 2.67 bits per heavy atom. The Kier molecular flexibility index (Phi) is 5.90. The molecule has 5 heteroatoms. The molecule has 1 rings (SSSR count). The highest BCUT2D eigenvalue weighted by Gasteiger charge is 2.26. The van der Waals surface area contributed by atoms with Gasteiger partial charge in [0, 0.05) is 25.9 Å². The molecule has 1 N–H and O–H groups in total. The molecule has 0 aromatic heterocycles. The summed E-state index contributed by atoms with van der Waals surface area (Å²) in [6.45, 7) is 4.63. The van der Waals surface area contributed by atoms with E-state index in [9.17, 15) is 4.79 Å². The molecule has 0 saturated carbocycles. The highest BCUT2D eigenvalue weighted by atomic mass is 79.9. The number of amides is 2. The van der Waals surface area contributed by atoms with E-state index < -0.39 is 0 Å². The average Bonchev–Trinajstić information content (AvgIpc) is 2.14. The standard InChI is InChI=1S/C10H18N2O2.BrH/c1-8-7-9(2)12(5-4-6-13)10(14)11(8)3;/h7-8,13H,4-6H2,1-3H3;1H. The lowest BCUT2D eigenvalue weighted by molar-refractivity contribution is 0.156. The van der Waals surface area contributed by atoms with Crippen LogP contribution in [0.25, 0.3) is 0 Å². The van der Waals surface area contributed by atoms with Gasteiger partial charge >= 0.3 is 6.03 Å². The van der Waals surface area contributed by atoms with Crippen LogP contribution in [-0.4, -0.2) is 47.2 Å². The third kappa shape index (κ3) is 3.21. The number of carbonyl (C=O) groups is 1. The molecule has 0 radical (unpaired) electrons. The summed E-state index contributed by atoms with van der Waals surface area (Å²) in [6.07, 6.45) is 2.68. The number of likely N-dealkylation sites (N-methyl/N-ethyl adjacent to an activating group) is 1. The Hall–Kier alpha value is -0.550. The minimum Gasteiger partial charge on any atom is -0.396 e. The van der Waals surface area contributed by atoms with Gasteiger partial charge < -0.3 is 10.0 Å². The largest absolute Gasteiger partial charge is 0.396 e. The fourth-order valence-electron chi connectivity index (χ4n) is 1.57. The van der Waals surface area contributed by atoms with E-state index in [1.807, 2.05) is 13.8 Å². The summed E-state index contributed by atoms with van der Waals surface area (Å²) in [5.74, 6) is 0. The van der Waals surface area contributed by atoms with Crippen molar-refractivity contribution >= 4 is 23.0 Å². The number of rotatable bonds is 3. The van der Waals surface area contributed by atoms with Crippen LogP contribution in [0.1, 0.15) is 20.3 Å². The fraction of sp³-hybridized carbons (Fsp3) is 0.700. The molecular formula is C10H19BrN2O2. The lowest BCUT2D eigenvalue weighted by Crippen LogP contribution is -2.48. The van der Waals surface area contributed by atoms with Gasteiger partial charge in [0.2, 0.25) is 0 Å². The summed E-state index contributed by atoms with van der Waals surface area (Å²) in [7, 11) is 1.79. The van der Waals surface area contributed by atoms with Crippen LogP contribution in [0.5, 0.6) is 0 Å². The first kappa shape index (κ1) is 14.5. The first-order valence-corrected chi connectivity index (χ1v) is 4.91. The van der Waals surface area contributed by atoms with Crippen molar-refractivity contribution in [2.24, 2.45) is 0 Å². The molecule has 1 aliphatic heterocycles. The number of nitrogens with zero attached hydrogens (tertiary/aromatic N) is 2. The number of hydrogen-bond acceptors (Lipinski definition) is 2. The quantitative estimate of drug-likeness (QED) is 0.853. The lowest BCUT2D eigenvalue weighted by Gasteiger charge is -2.36. The van der Waals surface area contributed by atoms with Gasteiger partial charge in [-0.25, -0.2) is 4.79 Å². The van der Waals surface area contributed by atoms with Gasteiger partial charge in [0.1, 0.15) is 0 Å². The molecule has 1 heterocycles. The molecule has 0 bridgehead atoms. The van der Waals surface area contributed by atoms with Crippen LogP contribution in [0.2, 0.25) is 0 Å². The summed E-state index contributed by atoms with van der Waals surface area (Å²) in [6, 6.07) is 0.179. The summed E-state index contributed by atoms with van der Waals surface area (Å²) >= 11 is 0. The SMILES string of the molecule is Br.CC1=CC(C)N(C)C(=O)N1CCCO. The van der Waals surface area contributed by atoms with E-state index >= 15 is 0 Å². The molecule has 88 valence electrons. The minimum absolute atomic E-state index is 0. The van der Waals surface area contributed by atoms with Crippen LogP contribution in [0.15, 0.2) is 11.8 Å². The molecule has 0 spiro atoms. The minimum atomic E-state index is 0. The molecule has 1 atom stereocenters. The Morgan fingerprint density at radius 2 is 2.13 bits per heavy atom. The molecule has 15 heavy (non-hydrogen) atoms. The zero-order valence-electron chi connectivity index (χ0n) is 9.43. The average molecular weight is 279 g/mol. The second-order valence-corrected chi connectivity index (χ2v) is 3.67. The van der Waals surface area contributed by atoms with Crippen LogP contribution in [0, 0.1) is 0 Å². The monoisotopic (exact) mass is 278 g/mol. The summed E-state index contributed by atoms with van der Waals surface area (Å²) < 4.78 is 0. The molecule has 1 aliphatic rings. The Morgan fingerprint density at radius 1 is 1.53 bits per heavy atom. The van der Waals surface area contributed by atoms with Crippen molar-refractivity contribution in [3.63, 3.8) is 0 Å². The molecule has 2 amide bonds. The Bertz CT molecular complexity index is 256. The van der Waals surface area contributed by atoms with Crippen LogP contribution in [-0.2, 0) is 0 Å². The maximum atomic E-state index is 11.8. The normalized spacial score (nSPS) is 21.2. The molecule has 1 unspecified atom stereocenters. The van der Waals surface area contributed by atoms with E-state index in [0.717, 1.165) is 5.70 Å². The number of halogens is 1. The lowest BCUT2D eigenvalue weighted by atomic mass is 10.2. The fourth-order valence-corrected chi connectivity index (χ4v) is 1.57. The second-order valence-electron chi connectivity index (χ2n) is 3.67. The highest BCUT2D eigenvalue weighted by Crippen LogP contribution is 2.17. The van der Waals surface area contributed by atoms with Crippen molar-refractivity contribution in [1.29, 1.82) is 0 Å². The van der Waals surface area contributed by atoms with Crippen molar-refractivity contribution in [3.8, 4) is 0 Å². The van der Waals surface area contributed by atoms with Gasteiger partial charge in [0.25, 0.3) is 0 Å². The number of carbonyl (C=O) groups excluding carboxylic acids is 1. The van der Waals surface area contributed by atoms with E-state index in [2.05, 4.69) is 6.08 Å². The number of allylic oxidation sites excluding steroid dienone is 1. The van der Waals surface area contributed by atoms with E-state index in [4.69, 9.17) is 5.11 Å². The second kappa shape index (κ2) is 6.12. The zero-order valence-corrected chi connectivity index (χ0v) is 11.1. The topological polar surface area (TPSA) is 43.8 Å². The maximum absolute atomic E-state index is 11.8. The van der Waals surface area contributed by atoms with Gasteiger partial charge in [-0.2, -0.15) is 0 Å². The van der Waals surface area contributed by atoms with Crippen LogP contribution < -0.4 is 0 Å². The maximum Gasteiger partial charge on any atom is 0.324 e. The number of aliphatic hydroxyl groups excluding tert-OH is 1. The third-order valence-corrected chi connectivity index (χ3v) is 2.59. The highest BCUT2D eigenvalue weighted by molar-refractivity contribution is 8.93. The van der Waals surface area contributed by atoms with E-state index in [1.165, 1.54) is 0 Å². The van der Waals surface area contributed by atoms with Crippen molar-refractivity contribution < 1.29 is 9.90 Å². The smallest absolute Gasteiger partial charge is 0.324 e. The Labute approximate surface area is 101 Å². The first-order valence-electron chi connectivity index (χ1n) is 4.91. The van der Waals surface area contributed by atoms with Crippen LogP contribution in [0.4, 0.5) is 4.79 Å². The van der Waals surface area contributed by atoms with E-state index in [0.29, 0.717) is 13.0 Å². The number of hydrogen-bond donors (Lipinski definition) is 1. The van der Waals surface area contributed by atoms with Crippen molar-refractivity contribution in [1.82, 2.24) is 9.80 Å². The summed E-state index contributed by atoms with van der Waals surface area (Å²) in [4.78, 5) is 15.2. The van der Waals surface area contributed by atoms with Gasteiger partial charge in [0.15, 0.2) is 0 Å². The zero-order chi connectivity index (χ0) is 10.7. The van der Waals surface area contributed by atoms with Gasteiger partial charge in [-0.1, -0.05) is 0 Å². The summed E-state index contributed by atoms with van der Waals surface area (Å²) in [5, 5.41) is 8.72. The van der Waals surface area contributed by atoms with E-state index in [1.54, 1.807) is 16.8 Å². The van der Waals surface area contributed by atoms with Gasteiger partial charge in [-0.05, 0) is 26.3 Å². The van der Waals surface area contributed by atoms with Gasteiger partial charge in [-0.3, -0.25) is 4.90 Å². The molecule has 0 saturated heterocycles. The molecular weight excluding hydrogens is 260 g/mol. The molecule has 0 fully saturated rings. The molecule has 0 aliphatic carbocycles. The van der Waals surface area contributed by atoms with Crippen molar-refractivity contribution in [3.05, 3.63) is 11.8 Å². The molecule has 0 aromatic rings.